The number of aromatic nitrogens is 1. The van der Waals surface area contributed by atoms with Crippen LogP contribution in [0.15, 0.2) is 12.1 Å². The van der Waals surface area contributed by atoms with Crippen LogP contribution in [0.2, 0.25) is 0 Å². The second-order valence-corrected chi connectivity index (χ2v) is 2.52. The molecular formula is C9H14N2O. The first-order chi connectivity index (χ1) is 5.81. The minimum Gasteiger partial charge on any atom is -0.481 e. The van der Waals surface area contributed by atoms with E-state index in [4.69, 9.17) is 10.5 Å². The number of nitrogens with two attached hydrogens (primary N) is 1. The second kappa shape index (κ2) is 4.07. The lowest BCUT2D eigenvalue weighted by atomic mass is 10.1. The summed E-state index contributed by atoms with van der Waals surface area (Å²) in [5.41, 5.74) is 7.66. The molecule has 0 bridgehead atoms. The third kappa shape index (κ3) is 1.74. The predicted octanol–water partition coefficient (Wildman–Crippen LogP) is 1.11. The molecule has 0 aliphatic heterocycles. The fourth-order valence-electron chi connectivity index (χ4n) is 1.12. The standard InChI is InChI=1S/C9H14N2O/c1-3-8-7(6-10)4-5-9(11-8)12-2/h4-5H,3,6,10H2,1-2H3. The van der Waals surface area contributed by atoms with Crippen molar-refractivity contribution >= 4 is 0 Å². The minimum absolute atomic E-state index is 0.542. The summed E-state index contributed by atoms with van der Waals surface area (Å²) in [7, 11) is 1.61. The highest BCUT2D eigenvalue weighted by Gasteiger charge is 2.01. The van der Waals surface area contributed by atoms with E-state index in [9.17, 15) is 0 Å². The average molecular weight is 166 g/mol. The first-order valence-electron chi connectivity index (χ1n) is 4.04. The van der Waals surface area contributed by atoms with E-state index in [0.717, 1.165) is 17.7 Å². The van der Waals surface area contributed by atoms with Crippen LogP contribution in [0, 0.1) is 0 Å². The second-order valence-electron chi connectivity index (χ2n) is 2.52. The minimum atomic E-state index is 0.542. The van der Waals surface area contributed by atoms with Crippen LogP contribution >= 0.6 is 0 Å². The van der Waals surface area contributed by atoms with Crippen molar-refractivity contribution in [2.75, 3.05) is 7.11 Å². The normalized spacial score (nSPS) is 9.92. The van der Waals surface area contributed by atoms with Crippen LogP contribution in [0.3, 0.4) is 0 Å². The Hall–Kier alpha value is -1.09. The van der Waals surface area contributed by atoms with Gasteiger partial charge in [0.1, 0.15) is 0 Å². The number of methoxy groups -OCH3 is 1. The molecule has 0 aliphatic rings. The number of aryl methyl sites for hydroxylation is 1. The molecule has 3 heteroatoms. The van der Waals surface area contributed by atoms with E-state index >= 15 is 0 Å². The Balaban J connectivity index is 3.02. The summed E-state index contributed by atoms with van der Waals surface area (Å²) < 4.78 is 5.00. The van der Waals surface area contributed by atoms with E-state index in [0.29, 0.717) is 12.4 Å². The molecule has 1 aromatic rings. The summed E-state index contributed by atoms with van der Waals surface area (Å²) in [5.74, 6) is 0.657. The lowest BCUT2D eigenvalue weighted by Gasteiger charge is -2.05. The van der Waals surface area contributed by atoms with Gasteiger partial charge in [-0.15, -0.1) is 0 Å². The summed E-state index contributed by atoms with van der Waals surface area (Å²) in [6.07, 6.45) is 0.893. The Labute approximate surface area is 72.6 Å². The summed E-state index contributed by atoms with van der Waals surface area (Å²) in [6, 6.07) is 3.80. The summed E-state index contributed by atoms with van der Waals surface area (Å²) in [6.45, 7) is 2.60. The van der Waals surface area contributed by atoms with Gasteiger partial charge in [-0.1, -0.05) is 13.0 Å². The Bertz CT molecular complexity index is 261. The van der Waals surface area contributed by atoms with Gasteiger partial charge in [-0.05, 0) is 12.0 Å². The van der Waals surface area contributed by atoms with Crippen molar-refractivity contribution in [2.45, 2.75) is 19.9 Å². The van der Waals surface area contributed by atoms with Crippen LogP contribution in [-0.2, 0) is 13.0 Å². The fraction of sp³-hybridized carbons (Fsp3) is 0.444. The Morgan fingerprint density at radius 3 is 2.75 bits per heavy atom. The van der Waals surface area contributed by atoms with Crippen LogP contribution in [-0.4, -0.2) is 12.1 Å². The zero-order valence-electron chi connectivity index (χ0n) is 7.50. The molecule has 66 valence electrons. The first-order valence-corrected chi connectivity index (χ1v) is 4.04. The van der Waals surface area contributed by atoms with E-state index in [1.54, 1.807) is 7.11 Å². The highest BCUT2D eigenvalue weighted by molar-refractivity contribution is 5.25. The van der Waals surface area contributed by atoms with Crippen molar-refractivity contribution in [3.63, 3.8) is 0 Å². The molecule has 0 amide bonds. The van der Waals surface area contributed by atoms with E-state index < -0.39 is 0 Å². The zero-order valence-corrected chi connectivity index (χ0v) is 7.50. The zero-order chi connectivity index (χ0) is 8.97. The number of hydrogen-bond donors (Lipinski definition) is 1. The van der Waals surface area contributed by atoms with Crippen molar-refractivity contribution in [1.82, 2.24) is 4.98 Å². The molecule has 0 saturated carbocycles. The number of nitrogens with zero attached hydrogens (tertiary/aromatic N) is 1. The molecular weight excluding hydrogens is 152 g/mol. The van der Waals surface area contributed by atoms with Gasteiger partial charge in [0.05, 0.1) is 7.11 Å². The third-order valence-corrected chi connectivity index (χ3v) is 1.81. The molecule has 0 fully saturated rings. The van der Waals surface area contributed by atoms with E-state index in [1.807, 2.05) is 12.1 Å². The lowest BCUT2D eigenvalue weighted by molar-refractivity contribution is 0.396. The predicted molar refractivity (Wildman–Crippen MR) is 48.1 cm³/mol. The summed E-state index contributed by atoms with van der Waals surface area (Å²) in [5, 5.41) is 0. The molecule has 1 aromatic heterocycles. The number of pyridine rings is 1. The molecule has 1 heterocycles. The van der Waals surface area contributed by atoms with E-state index in [1.165, 1.54) is 0 Å². The fourth-order valence-corrected chi connectivity index (χ4v) is 1.12. The third-order valence-electron chi connectivity index (χ3n) is 1.81. The molecule has 0 unspecified atom stereocenters. The molecule has 0 radical (unpaired) electrons. The van der Waals surface area contributed by atoms with Crippen molar-refractivity contribution in [1.29, 1.82) is 0 Å². The Kier molecular flexibility index (Phi) is 3.05. The van der Waals surface area contributed by atoms with Crippen molar-refractivity contribution in [3.8, 4) is 5.88 Å². The number of rotatable bonds is 3. The quantitative estimate of drug-likeness (QED) is 0.731. The van der Waals surface area contributed by atoms with Gasteiger partial charge in [-0.2, -0.15) is 0 Å². The van der Waals surface area contributed by atoms with Crippen molar-refractivity contribution < 1.29 is 4.74 Å². The summed E-state index contributed by atoms with van der Waals surface area (Å²) in [4.78, 5) is 4.28. The maximum Gasteiger partial charge on any atom is 0.213 e. The number of ether oxygens (including phenoxy) is 1. The molecule has 0 atom stereocenters. The number of hydrogen-bond acceptors (Lipinski definition) is 3. The highest BCUT2D eigenvalue weighted by Crippen LogP contribution is 2.12. The SMILES string of the molecule is CCc1nc(OC)ccc1CN. The van der Waals surface area contributed by atoms with Gasteiger partial charge in [-0.3, -0.25) is 0 Å². The van der Waals surface area contributed by atoms with Crippen molar-refractivity contribution in [3.05, 3.63) is 23.4 Å². The van der Waals surface area contributed by atoms with Gasteiger partial charge in [0.15, 0.2) is 0 Å². The maximum absolute atomic E-state index is 5.54. The van der Waals surface area contributed by atoms with Gasteiger partial charge >= 0.3 is 0 Å². The Morgan fingerprint density at radius 1 is 1.50 bits per heavy atom. The lowest BCUT2D eigenvalue weighted by Crippen LogP contribution is -2.03. The van der Waals surface area contributed by atoms with Crippen LogP contribution in [0.1, 0.15) is 18.2 Å². The molecule has 0 aromatic carbocycles. The van der Waals surface area contributed by atoms with Gasteiger partial charge in [-0.25, -0.2) is 4.98 Å². The van der Waals surface area contributed by atoms with Crippen LogP contribution in [0.4, 0.5) is 0 Å². The molecule has 0 saturated heterocycles. The average Bonchev–Trinajstić information content (AvgIpc) is 2.16. The molecule has 12 heavy (non-hydrogen) atoms. The molecule has 1 rings (SSSR count). The first kappa shape index (κ1) is 9.00. The van der Waals surface area contributed by atoms with Crippen LogP contribution < -0.4 is 10.5 Å². The van der Waals surface area contributed by atoms with E-state index in [-0.39, 0.29) is 0 Å². The molecule has 0 spiro atoms. The monoisotopic (exact) mass is 166 g/mol. The van der Waals surface area contributed by atoms with Gasteiger partial charge < -0.3 is 10.5 Å². The van der Waals surface area contributed by atoms with Gasteiger partial charge in [0.25, 0.3) is 0 Å². The Morgan fingerprint density at radius 2 is 2.25 bits per heavy atom. The van der Waals surface area contributed by atoms with Crippen LogP contribution in [0.25, 0.3) is 0 Å². The van der Waals surface area contributed by atoms with Crippen LogP contribution in [0.5, 0.6) is 5.88 Å². The molecule has 2 N–H and O–H groups in total. The molecule has 3 nitrogen and oxygen atoms in total. The van der Waals surface area contributed by atoms with Crippen molar-refractivity contribution in [2.24, 2.45) is 5.73 Å². The highest BCUT2D eigenvalue weighted by atomic mass is 16.5. The summed E-state index contributed by atoms with van der Waals surface area (Å²) >= 11 is 0. The van der Waals surface area contributed by atoms with Gasteiger partial charge in [0, 0.05) is 18.3 Å². The van der Waals surface area contributed by atoms with E-state index in [2.05, 4.69) is 11.9 Å². The topological polar surface area (TPSA) is 48.1 Å². The smallest absolute Gasteiger partial charge is 0.213 e. The molecule has 0 aliphatic carbocycles. The largest absolute Gasteiger partial charge is 0.481 e. The maximum atomic E-state index is 5.54. The van der Waals surface area contributed by atoms with Gasteiger partial charge in [0.2, 0.25) is 5.88 Å².